The van der Waals surface area contributed by atoms with Gasteiger partial charge in [-0.25, -0.2) is 4.79 Å². The van der Waals surface area contributed by atoms with Crippen LogP contribution in [0, 0.1) is 13.8 Å². The largest absolute Gasteiger partial charge is 0.480 e. The summed E-state index contributed by atoms with van der Waals surface area (Å²) in [6, 6.07) is 5.36. The summed E-state index contributed by atoms with van der Waals surface area (Å²) in [5.74, 6) is -0.897. The van der Waals surface area contributed by atoms with E-state index in [4.69, 9.17) is 5.11 Å². The van der Waals surface area contributed by atoms with Crippen LogP contribution in [0.1, 0.15) is 38.3 Å². The Kier molecular flexibility index (Phi) is 5.62. The van der Waals surface area contributed by atoms with Crippen LogP contribution in [-0.2, 0) is 4.79 Å². The van der Waals surface area contributed by atoms with Crippen molar-refractivity contribution in [2.75, 3.05) is 0 Å². The number of carboxylic acid groups (broad SMARTS) is 1. The maximum absolute atomic E-state index is 11.0. The van der Waals surface area contributed by atoms with Gasteiger partial charge < -0.3 is 5.11 Å². The number of carboxylic acids is 1. The highest BCUT2D eigenvalue weighted by Crippen LogP contribution is 2.19. The minimum atomic E-state index is -0.897. The lowest BCUT2D eigenvalue weighted by atomic mass is 10.1. The summed E-state index contributed by atoms with van der Waals surface area (Å²) < 4.78 is 0. The number of aliphatic carboxylic acids is 1. The highest BCUT2D eigenvalue weighted by molar-refractivity contribution is 6.41. The molecule has 0 fully saturated rings. The molecule has 1 N–H and O–H groups in total. The Morgan fingerprint density at radius 3 is 2.40 bits per heavy atom. The van der Waals surface area contributed by atoms with Crippen LogP contribution in [0.25, 0.3) is 0 Å². The third-order valence-electron chi connectivity index (χ3n) is 3.19. The number of carbonyl (C=O) groups is 1. The van der Waals surface area contributed by atoms with Crippen molar-refractivity contribution in [1.82, 2.24) is 0 Å². The van der Waals surface area contributed by atoms with Crippen molar-refractivity contribution in [1.29, 1.82) is 0 Å². The fourth-order valence-corrected chi connectivity index (χ4v) is 1.84. The molecule has 0 aliphatic heterocycles. The second-order valence-electron chi connectivity index (χ2n) is 4.96. The molecular formula is C16H22N2O2. The highest BCUT2D eigenvalue weighted by Gasteiger charge is 2.14. The molecule has 4 nitrogen and oxygen atoms in total. The Bertz CT molecular complexity index is 560. The van der Waals surface area contributed by atoms with Gasteiger partial charge in [0, 0.05) is 0 Å². The third kappa shape index (κ3) is 4.30. The van der Waals surface area contributed by atoms with Crippen LogP contribution in [-0.4, -0.2) is 28.5 Å². The SMILES string of the molecule is CC[C@@H](/N=C(C)/C(C)=N/c1ccc(C)cc1C)C(=O)O. The molecular weight excluding hydrogens is 252 g/mol. The summed E-state index contributed by atoms with van der Waals surface area (Å²) in [4.78, 5) is 19.8. The molecule has 0 spiro atoms. The molecule has 0 bridgehead atoms. The molecule has 1 aromatic carbocycles. The number of aliphatic imine (C=N–C) groups is 2. The molecule has 0 aliphatic rings. The Morgan fingerprint density at radius 1 is 1.25 bits per heavy atom. The number of hydrogen-bond donors (Lipinski definition) is 1. The number of benzene rings is 1. The summed E-state index contributed by atoms with van der Waals surface area (Å²) >= 11 is 0. The van der Waals surface area contributed by atoms with Gasteiger partial charge in [0.1, 0.15) is 6.04 Å². The van der Waals surface area contributed by atoms with Crippen LogP contribution in [0.5, 0.6) is 0 Å². The molecule has 0 unspecified atom stereocenters. The molecule has 1 aromatic rings. The Balaban J connectivity index is 3.03. The normalized spacial score (nSPS) is 14.2. The van der Waals surface area contributed by atoms with E-state index in [1.54, 1.807) is 6.92 Å². The van der Waals surface area contributed by atoms with Crippen molar-refractivity contribution >= 4 is 23.1 Å². The minimum Gasteiger partial charge on any atom is -0.480 e. The van der Waals surface area contributed by atoms with Crippen molar-refractivity contribution in [3.05, 3.63) is 29.3 Å². The van der Waals surface area contributed by atoms with Gasteiger partial charge in [-0.15, -0.1) is 0 Å². The molecule has 4 heteroatoms. The third-order valence-corrected chi connectivity index (χ3v) is 3.19. The van der Waals surface area contributed by atoms with E-state index < -0.39 is 12.0 Å². The lowest BCUT2D eigenvalue weighted by Crippen LogP contribution is -2.20. The first-order valence-corrected chi connectivity index (χ1v) is 6.75. The van der Waals surface area contributed by atoms with Gasteiger partial charge in [-0.1, -0.05) is 24.6 Å². The molecule has 0 radical (unpaired) electrons. The molecule has 1 rings (SSSR count). The molecule has 0 heterocycles. The maximum atomic E-state index is 11.0. The van der Waals surface area contributed by atoms with Crippen molar-refractivity contribution in [3.8, 4) is 0 Å². The van der Waals surface area contributed by atoms with Crippen LogP contribution in [0.4, 0.5) is 5.69 Å². The summed E-state index contributed by atoms with van der Waals surface area (Å²) in [6.45, 7) is 9.52. The van der Waals surface area contributed by atoms with Gasteiger partial charge in [0.05, 0.1) is 17.1 Å². The van der Waals surface area contributed by atoms with E-state index >= 15 is 0 Å². The molecule has 0 aromatic heterocycles. The van der Waals surface area contributed by atoms with E-state index in [1.165, 1.54) is 5.56 Å². The topological polar surface area (TPSA) is 62.0 Å². The molecule has 1 atom stereocenters. The fourth-order valence-electron chi connectivity index (χ4n) is 1.84. The van der Waals surface area contributed by atoms with Crippen LogP contribution in [0.2, 0.25) is 0 Å². The molecule has 20 heavy (non-hydrogen) atoms. The van der Waals surface area contributed by atoms with E-state index in [2.05, 4.69) is 16.1 Å². The van der Waals surface area contributed by atoms with Crippen LogP contribution in [0.15, 0.2) is 28.2 Å². The smallest absolute Gasteiger partial charge is 0.328 e. The lowest BCUT2D eigenvalue weighted by Gasteiger charge is -2.08. The fraction of sp³-hybridized carbons (Fsp3) is 0.438. The predicted octanol–water partition coefficient (Wildman–Crippen LogP) is 3.72. The zero-order valence-electron chi connectivity index (χ0n) is 12.8. The lowest BCUT2D eigenvalue weighted by molar-refractivity contribution is -0.138. The summed E-state index contributed by atoms with van der Waals surface area (Å²) in [6.07, 6.45) is 0.476. The first kappa shape index (κ1) is 16.1. The van der Waals surface area contributed by atoms with Gasteiger partial charge in [0.25, 0.3) is 0 Å². The summed E-state index contributed by atoms with van der Waals surface area (Å²) in [5.41, 5.74) is 4.60. The zero-order valence-corrected chi connectivity index (χ0v) is 12.8. The van der Waals surface area contributed by atoms with E-state index in [-0.39, 0.29) is 0 Å². The maximum Gasteiger partial charge on any atom is 0.328 e. The van der Waals surface area contributed by atoms with Crippen molar-refractivity contribution < 1.29 is 9.90 Å². The van der Waals surface area contributed by atoms with Gasteiger partial charge in [-0.3, -0.25) is 9.98 Å². The second kappa shape index (κ2) is 6.98. The van der Waals surface area contributed by atoms with Gasteiger partial charge >= 0.3 is 5.97 Å². The Hall–Kier alpha value is -1.97. The first-order valence-electron chi connectivity index (χ1n) is 6.75. The van der Waals surface area contributed by atoms with Gasteiger partial charge in [0.2, 0.25) is 0 Å². The van der Waals surface area contributed by atoms with Crippen LogP contribution in [0.3, 0.4) is 0 Å². The first-order chi connectivity index (χ1) is 9.35. The van der Waals surface area contributed by atoms with E-state index in [9.17, 15) is 4.79 Å². The van der Waals surface area contributed by atoms with Crippen molar-refractivity contribution in [2.45, 2.75) is 47.1 Å². The van der Waals surface area contributed by atoms with Gasteiger partial charge in [-0.2, -0.15) is 0 Å². The van der Waals surface area contributed by atoms with E-state index in [0.29, 0.717) is 12.1 Å². The Labute approximate surface area is 120 Å². The number of aryl methyl sites for hydroxylation is 2. The standard InChI is InChI=1S/C16H22N2O2/c1-6-14(16(19)20)17-12(4)13(5)18-15-8-7-10(2)9-11(15)3/h7-9,14H,6H2,1-5H3,(H,19,20)/b17-12+,18-13+/t14-/m1/s1. The number of hydrogen-bond acceptors (Lipinski definition) is 3. The summed E-state index contributed by atoms with van der Waals surface area (Å²) in [5, 5.41) is 9.02. The highest BCUT2D eigenvalue weighted by atomic mass is 16.4. The number of nitrogens with zero attached hydrogens (tertiary/aromatic N) is 2. The van der Waals surface area contributed by atoms with E-state index in [1.807, 2.05) is 39.8 Å². The summed E-state index contributed by atoms with van der Waals surface area (Å²) in [7, 11) is 0. The average Bonchev–Trinajstić information content (AvgIpc) is 2.38. The van der Waals surface area contributed by atoms with Gasteiger partial charge in [0.15, 0.2) is 0 Å². The van der Waals surface area contributed by atoms with Crippen molar-refractivity contribution in [3.63, 3.8) is 0 Å². The molecule has 108 valence electrons. The van der Waals surface area contributed by atoms with Gasteiger partial charge in [-0.05, 0) is 45.7 Å². The molecule has 0 amide bonds. The average molecular weight is 274 g/mol. The Morgan fingerprint density at radius 2 is 1.90 bits per heavy atom. The number of rotatable bonds is 5. The zero-order chi connectivity index (χ0) is 15.3. The molecule has 0 saturated heterocycles. The van der Waals surface area contributed by atoms with Crippen LogP contribution >= 0.6 is 0 Å². The molecule has 0 saturated carbocycles. The predicted molar refractivity (Wildman–Crippen MR) is 83.5 cm³/mol. The van der Waals surface area contributed by atoms with Crippen LogP contribution < -0.4 is 0 Å². The van der Waals surface area contributed by atoms with E-state index in [0.717, 1.165) is 17.0 Å². The molecule has 0 aliphatic carbocycles. The second-order valence-corrected chi connectivity index (χ2v) is 4.96. The minimum absolute atomic E-state index is 0.476. The monoisotopic (exact) mass is 274 g/mol. The van der Waals surface area contributed by atoms with Crippen molar-refractivity contribution in [2.24, 2.45) is 9.98 Å². The quantitative estimate of drug-likeness (QED) is 0.832.